The van der Waals surface area contributed by atoms with Crippen molar-refractivity contribution in [3.63, 3.8) is 0 Å². The Hall–Kier alpha value is 0.0400. The first-order chi connectivity index (χ1) is 6.76. The van der Waals surface area contributed by atoms with Crippen molar-refractivity contribution in [3.8, 4) is 0 Å². The van der Waals surface area contributed by atoms with Crippen LogP contribution >= 0.6 is 27.5 Å². The standard InChI is InChI=1S/C10H17BrN2S/c1-3-5-8(11)7-10-12-9(6-4-2)13-14-10/h8H,3-7H2,1-2H3. The maximum absolute atomic E-state index is 4.50. The topological polar surface area (TPSA) is 25.8 Å². The molecule has 0 saturated carbocycles. The zero-order chi connectivity index (χ0) is 10.4. The number of nitrogens with zero attached hydrogens (tertiary/aromatic N) is 2. The molecule has 1 atom stereocenters. The van der Waals surface area contributed by atoms with Crippen LogP contribution < -0.4 is 0 Å². The van der Waals surface area contributed by atoms with Crippen LogP contribution in [0.2, 0.25) is 0 Å². The molecule has 4 heteroatoms. The van der Waals surface area contributed by atoms with E-state index in [1.54, 1.807) is 11.5 Å². The van der Waals surface area contributed by atoms with Gasteiger partial charge in [-0.15, -0.1) is 0 Å². The summed E-state index contributed by atoms with van der Waals surface area (Å²) < 4.78 is 4.33. The molecule has 0 aromatic carbocycles. The summed E-state index contributed by atoms with van der Waals surface area (Å²) in [5, 5.41) is 1.17. The van der Waals surface area contributed by atoms with Crippen molar-refractivity contribution in [2.24, 2.45) is 0 Å². The molecule has 1 unspecified atom stereocenters. The molecule has 80 valence electrons. The highest BCUT2D eigenvalue weighted by Crippen LogP contribution is 2.16. The van der Waals surface area contributed by atoms with Crippen LogP contribution in [-0.2, 0) is 12.8 Å². The summed E-state index contributed by atoms with van der Waals surface area (Å²) in [4.78, 5) is 5.06. The van der Waals surface area contributed by atoms with Gasteiger partial charge in [0.25, 0.3) is 0 Å². The monoisotopic (exact) mass is 276 g/mol. The van der Waals surface area contributed by atoms with Gasteiger partial charge < -0.3 is 0 Å². The highest BCUT2D eigenvalue weighted by Gasteiger charge is 2.08. The van der Waals surface area contributed by atoms with Gasteiger partial charge >= 0.3 is 0 Å². The Morgan fingerprint density at radius 3 is 2.79 bits per heavy atom. The first kappa shape index (κ1) is 12.1. The van der Waals surface area contributed by atoms with Crippen molar-refractivity contribution < 1.29 is 0 Å². The van der Waals surface area contributed by atoms with Crippen molar-refractivity contribution >= 4 is 27.5 Å². The molecule has 0 aliphatic carbocycles. The first-order valence-electron chi connectivity index (χ1n) is 5.21. The average molecular weight is 277 g/mol. The summed E-state index contributed by atoms with van der Waals surface area (Å²) in [5.41, 5.74) is 0. The number of halogens is 1. The molecular formula is C10H17BrN2S. The van der Waals surface area contributed by atoms with Crippen LogP contribution in [0.1, 0.15) is 43.9 Å². The molecule has 0 bridgehead atoms. The average Bonchev–Trinajstić information content (AvgIpc) is 2.53. The van der Waals surface area contributed by atoms with Gasteiger partial charge in [0.05, 0.1) is 0 Å². The van der Waals surface area contributed by atoms with E-state index in [4.69, 9.17) is 0 Å². The van der Waals surface area contributed by atoms with Crippen LogP contribution in [-0.4, -0.2) is 14.2 Å². The van der Waals surface area contributed by atoms with Gasteiger partial charge in [0.15, 0.2) is 0 Å². The van der Waals surface area contributed by atoms with Crippen LogP contribution in [0.25, 0.3) is 0 Å². The molecular weight excluding hydrogens is 260 g/mol. The Morgan fingerprint density at radius 1 is 1.36 bits per heavy atom. The first-order valence-corrected chi connectivity index (χ1v) is 6.90. The van der Waals surface area contributed by atoms with E-state index in [1.807, 2.05) is 0 Å². The smallest absolute Gasteiger partial charge is 0.142 e. The van der Waals surface area contributed by atoms with Gasteiger partial charge in [-0.3, -0.25) is 0 Å². The van der Waals surface area contributed by atoms with E-state index >= 15 is 0 Å². The number of hydrogen-bond acceptors (Lipinski definition) is 3. The van der Waals surface area contributed by atoms with Crippen LogP contribution in [0, 0.1) is 0 Å². The van der Waals surface area contributed by atoms with Crippen LogP contribution in [0.15, 0.2) is 0 Å². The van der Waals surface area contributed by atoms with Gasteiger partial charge in [0, 0.05) is 17.7 Å². The van der Waals surface area contributed by atoms with Crippen molar-refractivity contribution in [2.45, 2.75) is 50.8 Å². The van der Waals surface area contributed by atoms with E-state index in [-0.39, 0.29) is 0 Å². The molecule has 1 rings (SSSR count). The van der Waals surface area contributed by atoms with Gasteiger partial charge in [-0.05, 0) is 24.4 Å². The molecule has 1 heterocycles. The lowest BCUT2D eigenvalue weighted by Gasteiger charge is -2.03. The predicted molar refractivity (Wildman–Crippen MR) is 65.2 cm³/mol. The third-order valence-electron chi connectivity index (χ3n) is 1.98. The zero-order valence-corrected chi connectivity index (χ0v) is 11.2. The molecule has 0 amide bonds. The second-order valence-electron chi connectivity index (χ2n) is 3.44. The lowest BCUT2D eigenvalue weighted by Crippen LogP contribution is -2.01. The molecule has 0 aliphatic rings. The van der Waals surface area contributed by atoms with Crippen LogP contribution in [0.3, 0.4) is 0 Å². The van der Waals surface area contributed by atoms with Gasteiger partial charge in [-0.1, -0.05) is 36.2 Å². The molecule has 0 radical (unpaired) electrons. The van der Waals surface area contributed by atoms with Gasteiger partial charge in [0.1, 0.15) is 10.8 Å². The third-order valence-corrected chi connectivity index (χ3v) is 3.53. The number of rotatable bonds is 6. The molecule has 1 aromatic heterocycles. The van der Waals surface area contributed by atoms with Crippen molar-refractivity contribution in [3.05, 3.63) is 10.8 Å². The molecule has 0 fully saturated rings. The normalized spacial score (nSPS) is 13.1. The second kappa shape index (κ2) is 6.51. The minimum Gasteiger partial charge on any atom is -0.225 e. The summed E-state index contributed by atoms with van der Waals surface area (Å²) in [6, 6.07) is 0. The fraction of sp³-hybridized carbons (Fsp3) is 0.800. The quantitative estimate of drug-likeness (QED) is 0.742. The second-order valence-corrected chi connectivity index (χ2v) is 5.58. The fourth-order valence-corrected chi connectivity index (χ4v) is 3.05. The Kier molecular flexibility index (Phi) is 5.63. The zero-order valence-electron chi connectivity index (χ0n) is 8.79. The maximum Gasteiger partial charge on any atom is 0.142 e. The Morgan fingerprint density at radius 2 is 2.14 bits per heavy atom. The summed E-state index contributed by atoms with van der Waals surface area (Å²) in [5.74, 6) is 1.02. The van der Waals surface area contributed by atoms with E-state index in [2.05, 4.69) is 39.1 Å². The number of alkyl halides is 1. The minimum atomic E-state index is 0.565. The molecule has 0 saturated heterocycles. The Bertz CT molecular complexity index is 262. The van der Waals surface area contributed by atoms with Crippen LogP contribution in [0.4, 0.5) is 0 Å². The van der Waals surface area contributed by atoms with E-state index in [0.717, 1.165) is 25.1 Å². The van der Waals surface area contributed by atoms with E-state index in [1.165, 1.54) is 17.8 Å². The largest absolute Gasteiger partial charge is 0.225 e. The molecule has 14 heavy (non-hydrogen) atoms. The summed E-state index contributed by atoms with van der Waals surface area (Å²) in [7, 11) is 0. The molecule has 0 N–H and O–H groups in total. The SMILES string of the molecule is CCCc1nsc(CC(Br)CCC)n1. The summed E-state index contributed by atoms with van der Waals surface area (Å²) in [6.45, 7) is 4.36. The van der Waals surface area contributed by atoms with Crippen LogP contribution in [0.5, 0.6) is 0 Å². The predicted octanol–water partition coefficient (Wildman–Crippen LogP) is 3.60. The van der Waals surface area contributed by atoms with Crippen molar-refractivity contribution in [1.29, 1.82) is 0 Å². The number of aromatic nitrogens is 2. The lowest BCUT2D eigenvalue weighted by molar-refractivity contribution is 0.738. The Labute approximate surface area is 98.4 Å². The molecule has 2 nitrogen and oxygen atoms in total. The Balaban J connectivity index is 2.42. The van der Waals surface area contributed by atoms with Crippen molar-refractivity contribution in [2.75, 3.05) is 0 Å². The number of aryl methyl sites for hydroxylation is 1. The van der Waals surface area contributed by atoms with E-state index in [0.29, 0.717) is 4.83 Å². The lowest BCUT2D eigenvalue weighted by atomic mass is 10.2. The van der Waals surface area contributed by atoms with Gasteiger partial charge in [-0.25, -0.2) is 4.98 Å². The number of hydrogen-bond donors (Lipinski definition) is 0. The van der Waals surface area contributed by atoms with Gasteiger partial charge in [0.2, 0.25) is 0 Å². The summed E-state index contributed by atoms with van der Waals surface area (Å²) in [6.07, 6.45) is 5.59. The van der Waals surface area contributed by atoms with E-state index in [9.17, 15) is 0 Å². The van der Waals surface area contributed by atoms with Crippen molar-refractivity contribution in [1.82, 2.24) is 9.36 Å². The highest BCUT2D eigenvalue weighted by atomic mass is 79.9. The molecule has 0 aliphatic heterocycles. The third kappa shape index (κ3) is 4.05. The minimum absolute atomic E-state index is 0.565. The molecule has 0 spiro atoms. The van der Waals surface area contributed by atoms with Gasteiger partial charge in [-0.2, -0.15) is 4.37 Å². The molecule has 1 aromatic rings. The summed E-state index contributed by atoms with van der Waals surface area (Å²) >= 11 is 5.21. The highest BCUT2D eigenvalue weighted by molar-refractivity contribution is 9.09. The fourth-order valence-electron chi connectivity index (χ4n) is 1.30. The maximum atomic E-state index is 4.50. The van der Waals surface area contributed by atoms with E-state index < -0.39 is 0 Å².